The molecule has 1 saturated carbocycles. The van der Waals surface area contributed by atoms with Crippen LogP contribution in [0.4, 0.5) is 4.79 Å². The van der Waals surface area contributed by atoms with Gasteiger partial charge < -0.3 is 20.6 Å². The van der Waals surface area contributed by atoms with Crippen LogP contribution in [0.5, 0.6) is 0 Å². The monoisotopic (exact) mass is 285 g/mol. The van der Waals surface area contributed by atoms with Crippen molar-refractivity contribution in [1.29, 1.82) is 0 Å². The van der Waals surface area contributed by atoms with Gasteiger partial charge >= 0.3 is 12.0 Å². The van der Waals surface area contributed by atoms with Crippen LogP contribution in [-0.4, -0.2) is 58.5 Å². The molecule has 0 aromatic heterocycles. The minimum atomic E-state index is -1.15. The van der Waals surface area contributed by atoms with Crippen molar-refractivity contribution >= 4 is 17.9 Å². The first-order valence-corrected chi connectivity index (χ1v) is 6.87. The highest BCUT2D eigenvalue weighted by atomic mass is 16.4. The number of urea groups is 1. The Bertz CT molecular complexity index is 364. The number of hydrogen-bond donors (Lipinski definition) is 2. The smallest absolute Gasteiger partial charge is 0.323 e. The Labute approximate surface area is 118 Å². The molecule has 1 fully saturated rings. The van der Waals surface area contributed by atoms with Crippen molar-refractivity contribution in [2.75, 3.05) is 19.6 Å². The molecule has 0 radical (unpaired) electrons. The molecule has 114 valence electrons. The lowest BCUT2D eigenvalue weighted by Gasteiger charge is -2.29. The Kier molecular flexibility index (Phi) is 5.79. The Hall–Kier alpha value is -1.79. The summed E-state index contributed by atoms with van der Waals surface area (Å²) < 4.78 is 0. The van der Waals surface area contributed by atoms with Gasteiger partial charge in [0.1, 0.15) is 13.1 Å². The highest BCUT2D eigenvalue weighted by Gasteiger charge is 2.35. The average molecular weight is 285 g/mol. The summed E-state index contributed by atoms with van der Waals surface area (Å²) in [6, 6.07) is -0.236. The first kappa shape index (κ1) is 16.3. The number of hydrogen-bond acceptors (Lipinski definition) is 3. The quantitative estimate of drug-likeness (QED) is 0.677. The summed E-state index contributed by atoms with van der Waals surface area (Å²) in [6.45, 7) is 3.83. The first-order chi connectivity index (χ1) is 9.31. The summed E-state index contributed by atoms with van der Waals surface area (Å²) in [5.74, 6) is -1.41. The van der Waals surface area contributed by atoms with E-state index in [4.69, 9.17) is 10.8 Å². The van der Waals surface area contributed by atoms with Gasteiger partial charge in [-0.15, -0.1) is 0 Å². The predicted octanol–water partition coefficient (Wildman–Crippen LogP) is 0.489. The number of nitrogens with zero attached hydrogens (tertiary/aromatic N) is 2. The number of amides is 3. The van der Waals surface area contributed by atoms with Gasteiger partial charge in [0.05, 0.1) is 0 Å². The number of nitrogens with two attached hydrogens (primary N) is 1. The van der Waals surface area contributed by atoms with Crippen LogP contribution in [0.2, 0.25) is 0 Å². The standard InChI is InChI=1S/C13H23N3O4/c1-9(2)5-6-16(10-3-4-10)13(20)15(7-11(14)17)8-12(18)19/h9-10H,3-8H2,1-2H3,(H2,14,17)(H,18,19). The van der Waals surface area contributed by atoms with E-state index in [0.29, 0.717) is 12.5 Å². The summed E-state index contributed by atoms with van der Waals surface area (Å²) in [7, 11) is 0. The Morgan fingerprint density at radius 1 is 1.25 bits per heavy atom. The van der Waals surface area contributed by atoms with Crippen LogP contribution >= 0.6 is 0 Å². The minimum Gasteiger partial charge on any atom is -0.480 e. The normalized spacial score (nSPS) is 14.2. The fourth-order valence-electron chi connectivity index (χ4n) is 1.94. The molecule has 0 atom stereocenters. The third-order valence-corrected chi connectivity index (χ3v) is 3.12. The molecule has 0 bridgehead atoms. The van der Waals surface area contributed by atoms with E-state index >= 15 is 0 Å². The number of carboxylic acid groups (broad SMARTS) is 1. The van der Waals surface area contributed by atoms with Crippen molar-refractivity contribution in [1.82, 2.24) is 9.80 Å². The van der Waals surface area contributed by atoms with Crippen LogP contribution < -0.4 is 5.73 Å². The Morgan fingerprint density at radius 3 is 2.25 bits per heavy atom. The second-order valence-corrected chi connectivity index (χ2v) is 5.61. The van der Waals surface area contributed by atoms with E-state index in [1.165, 1.54) is 0 Å². The lowest BCUT2D eigenvalue weighted by Crippen LogP contribution is -2.49. The second kappa shape index (κ2) is 7.12. The number of primary amides is 1. The van der Waals surface area contributed by atoms with Gasteiger partial charge in [0.2, 0.25) is 5.91 Å². The van der Waals surface area contributed by atoms with E-state index in [-0.39, 0.29) is 12.6 Å². The average Bonchev–Trinajstić information content (AvgIpc) is 3.10. The summed E-state index contributed by atoms with van der Waals surface area (Å²) in [6.07, 6.45) is 2.71. The zero-order chi connectivity index (χ0) is 15.3. The van der Waals surface area contributed by atoms with Crippen molar-refractivity contribution in [2.24, 2.45) is 11.7 Å². The SMILES string of the molecule is CC(C)CCN(C(=O)N(CC(N)=O)CC(=O)O)C1CC1. The van der Waals surface area contributed by atoms with Gasteiger partial charge in [0.15, 0.2) is 0 Å². The van der Waals surface area contributed by atoms with Crippen molar-refractivity contribution in [3.05, 3.63) is 0 Å². The molecule has 0 aromatic carbocycles. The summed E-state index contributed by atoms with van der Waals surface area (Å²) in [4.78, 5) is 36.9. The van der Waals surface area contributed by atoms with E-state index in [9.17, 15) is 14.4 Å². The number of aliphatic carboxylic acids is 1. The molecule has 3 amide bonds. The van der Waals surface area contributed by atoms with Gasteiger partial charge in [-0.25, -0.2) is 4.79 Å². The fraction of sp³-hybridized carbons (Fsp3) is 0.769. The molecule has 1 aliphatic rings. The van der Waals surface area contributed by atoms with Crippen LogP contribution in [0.25, 0.3) is 0 Å². The van der Waals surface area contributed by atoms with Crippen molar-refractivity contribution < 1.29 is 19.5 Å². The predicted molar refractivity (Wildman–Crippen MR) is 73.0 cm³/mol. The number of carbonyl (C=O) groups excluding carboxylic acids is 2. The van der Waals surface area contributed by atoms with E-state index in [1.807, 2.05) is 0 Å². The number of carboxylic acids is 1. The first-order valence-electron chi connectivity index (χ1n) is 6.87. The van der Waals surface area contributed by atoms with Crippen LogP contribution in [0.3, 0.4) is 0 Å². The molecule has 7 heteroatoms. The van der Waals surface area contributed by atoms with Crippen LogP contribution in [0.1, 0.15) is 33.1 Å². The van der Waals surface area contributed by atoms with Gasteiger partial charge in [-0.05, 0) is 25.2 Å². The van der Waals surface area contributed by atoms with E-state index < -0.39 is 24.5 Å². The molecule has 0 unspecified atom stereocenters. The molecule has 7 nitrogen and oxygen atoms in total. The van der Waals surface area contributed by atoms with Gasteiger partial charge in [0, 0.05) is 12.6 Å². The lowest BCUT2D eigenvalue weighted by molar-refractivity contribution is -0.138. The molecule has 0 heterocycles. The third kappa shape index (κ3) is 5.46. The summed E-state index contributed by atoms with van der Waals surface area (Å²) in [5.41, 5.74) is 5.08. The minimum absolute atomic E-state index is 0.172. The van der Waals surface area contributed by atoms with Crippen LogP contribution in [0, 0.1) is 5.92 Å². The maximum absolute atomic E-state index is 12.4. The fourth-order valence-corrected chi connectivity index (χ4v) is 1.94. The summed E-state index contributed by atoms with van der Waals surface area (Å²) >= 11 is 0. The van der Waals surface area contributed by atoms with E-state index in [0.717, 1.165) is 24.2 Å². The topological polar surface area (TPSA) is 104 Å². The van der Waals surface area contributed by atoms with Crippen LogP contribution in [0.15, 0.2) is 0 Å². The van der Waals surface area contributed by atoms with Crippen molar-refractivity contribution in [2.45, 2.75) is 39.2 Å². The van der Waals surface area contributed by atoms with Gasteiger partial charge in [0.25, 0.3) is 0 Å². The van der Waals surface area contributed by atoms with Gasteiger partial charge in [-0.2, -0.15) is 0 Å². The van der Waals surface area contributed by atoms with E-state index in [1.54, 1.807) is 4.90 Å². The van der Waals surface area contributed by atoms with Gasteiger partial charge in [-0.3, -0.25) is 9.59 Å². The lowest BCUT2D eigenvalue weighted by atomic mass is 10.1. The zero-order valence-electron chi connectivity index (χ0n) is 12.0. The van der Waals surface area contributed by atoms with Crippen LogP contribution in [-0.2, 0) is 9.59 Å². The highest BCUT2D eigenvalue weighted by molar-refractivity contribution is 5.86. The number of rotatable bonds is 8. The van der Waals surface area contributed by atoms with Gasteiger partial charge in [-0.1, -0.05) is 13.8 Å². The highest BCUT2D eigenvalue weighted by Crippen LogP contribution is 2.28. The summed E-state index contributed by atoms with van der Waals surface area (Å²) in [5, 5.41) is 8.84. The van der Waals surface area contributed by atoms with Crippen molar-refractivity contribution in [3.8, 4) is 0 Å². The van der Waals surface area contributed by atoms with Crippen molar-refractivity contribution in [3.63, 3.8) is 0 Å². The maximum atomic E-state index is 12.4. The zero-order valence-corrected chi connectivity index (χ0v) is 12.0. The molecule has 0 aromatic rings. The molecule has 1 rings (SSSR count). The molecule has 3 N–H and O–H groups in total. The second-order valence-electron chi connectivity index (χ2n) is 5.61. The molecular weight excluding hydrogens is 262 g/mol. The molecule has 0 saturated heterocycles. The molecule has 0 aliphatic heterocycles. The molecule has 20 heavy (non-hydrogen) atoms. The third-order valence-electron chi connectivity index (χ3n) is 3.12. The maximum Gasteiger partial charge on any atom is 0.323 e. The molecule has 0 spiro atoms. The number of carbonyl (C=O) groups is 3. The molecular formula is C13H23N3O4. The van der Waals surface area contributed by atoms with E-state index in [2.05, 4.69) is 13.8 Å². The Balaban J connectivity index is 2.71. The molecule has 1 aliphatic carbocycles. The largest absolute Gasteiger partial charge is 0.480 e. The Morgan fingerprint density at radius 2 is 1.85 bits per heavy atom.